The lowest BCUT2D eigenvalue weighted by molar-refractivity contribution is -0.132. The number of hydrogen-bond acceptors (Lipinski definition) is 5. The Labute approximate surface area is 134 Å². The lowest BCUT2D eigenvalue weighted by Gasteiger charge is -2.34. The van der Waals surface area contributed by atoms with E-state index in [1.807, 2.05) is 44.3 Å². The highest BCUT2D eigenvalue weighted by molar-refractivity contribution is 6.03. The fourth-order valence-electron chi connectivity index (χ4n) is 3.15. The molecule has 1 aromatic heterocycles. The van der Waals surface area contributed by atoms with Crippen molar-refractivity contribution in [2.45, 2.75) is 20.1 Å². The number of pyridine rings is 1. The smallest absolute Gasteiger partial charge is 0.269 e. The number of benzene rings is 1. The van der Waals surface area contributed by atoms with Gasteiger partial charge < -0.3 is 5.32 Å². The monoisotopic (exact) mass is 309 g/mol. The molecule has 3 heterocycles. The molecule has 1 amide bonds. The summed E-state index contributed by atoms with van der Waals surface area (Å²) in [6.45, 7) is 4.64. The van der Waals surface area contributed by atoms with Crippen LogP contribution in [0.1, 0.15) is 19.4 Å². The molecule has 1 saturated heterocycles. The van der Waals surface area contributed by atoms with Crippen molar-refractivity contribution < 1.29 is 4.79 Å². The topological polar surface area (TPSA) is 69.3 Å². The first kappa shape index (κ1) is 14.2. The Kier molecular flexibility index (Phi) is 3.28. The third-order valence-corrected chi connectivity index (χ3v) is 4.26. The number of carbonyl (C=O) groups is 1. The molecule has 6 nitrogen and oxygen atoms in total. The number of rotatable bonds is 2. The van der Waals surface area contributed by atoms with Crippen molar-refractivity contribution in [3.05, 3.63) is 47.7 Å². The molecule has 1 aromatic carbocycles. The number of hydrogen-bond donors (Lipinski definition) is 3. The van der Waals surface area contributed by atoms with Gasteiger partial charge >= 0.3 is 0 Å². The van der Waals surface area contributed by atoms with Gasteiger partial charge in [0.25, 0.3) is 5.91 Å². The molecule has 0 saturated carbocycles. The minimum absolute atomic E-state index is 0.0110. The molecule has 0 radical (unpaired) electrons. The lowest BCUT2D eigenvalue weighted by Crippen LogP contribution is -2.56. The normalized spacial score (nSPS) is 21.1. The van der Waals surface area contributed by atoms with Crippen LogP contribution in [0.15, 0.2) is 42.1 Å². The Morgan fingerprint density at radius 3 is 2.96 bits per heavy atom. The van der Waals surface area contributed by atoms with Gasteiger partial charge in [0.05, 0.1) is 17.9 Å². The van der Waals surface area contributed by atoms with Crippen molar-refractivity contribution in [2.24, 2.45) is 5.92 Å². The highest BCUT2D eigenvalue weighted by Gasteiger charge is 2.38. The van der Waals surface area contributed by atoms with Crippen LogP contribution >= 0.6 is 0 Å². The maximum Gasteiger partial charge on any atom is 0.269 e. The van der Waals surface area contributed by atoms with Crippen LogP contribution in [0.25, 0.3) is 16.6 Å². The minimum atomic E-state index is -0.230. The van der Waals surface area contributed by atoms with Crippen LogP contribution in [0.5, 0.6) is 0 Å². The van der Waals surface area contributed by atoms with Gasteiger partial charge in [-0.1, -0.05) is 32.0 Å². The van der Waals surface area contributed by atoms with Crippen molar-refractivity contribution in [3.8, 4) is 0 Å². The molecule has 3 N–H and O–H groups in total. The van der Waals surface area contributed by atoms with Crippen LogP contribution in [-0.4, -0.2) is 28.9 Å². The van der Waals surface area contributed by atoms with Gasteiger partial charge in [-0.3, -0.25) is 15.1 Å². The predicted molar refractivity (Wildman–Crippen MR) is 88.4 cm³/mol. The summed E-state index contributed by atoms with van der Waals surface area (Å²) < 4.78 is 0. The number of carbonyl (C=O) groups excluding carboxylic acids is 1. The summed E-state index contributed by atoms with van der Waals surface area (Å²) in [5.74, 6) is 0.122. The van der Waals surface area contributed by atoms with E-state index in [0.29, 0.717) is 6.67 Å². The molecular weight excluding hydrogens is 290 g/mol. The Balaban J connectivity index is 1.86. The van der Waals surface area contributed by atoms with E-state index in [1.54, 1.807) is 5.01 Å². The quantitative estimate of drug-likeness (QED) is 0.782. The van der Waals surface area contributed by atoms with E-state index in [9.17, 15) is 4.79 Å². The van der Waals surface area contributed by atoms with Crippen LogP contribution < -0.4 is 16.1 Å². The van der Waals surface area contributed by atoms with E-state index in [-0.39, 0.29) is 18.1 Å². The van der Waals surface area contributed by atoms with Gasteiger partial charge in [0.15, 0.2) is 6.29 Å². The molecule has 6 heteroatoms. The third-order valence-electron chi connectivity index (χ3n) is 4.26. The van der Waals surface area contributed by atoms with Crippen LogP contribution in [0.3, 0.4) is 0 Å². The van der Waals surface area contributed by atoms with Gasteiger partial charge in [-0.05, 0) is 18.1 Å². The summed E-state index contributed by atoms with van der Waals surface area (Å²) in [4.78, 5) is 17.3. The molecule has 4 rings (SSSR count). The van der Waals surface area contributed by atoms with Crippen LogP contribution in [0, 0.1) is 5.92 Å². The second-order valence-electron chi connectivity index (χ2n) is 6.12. The molecule has 1 atom stereocenters. The maximum atomic E-state index is 12.8. The van der Waals surface area contributed by atoms with E-state index >= 15 is 0 Å². The zero-order chi connectivity index (χ0) is 16.0. The summed E-state index contributed by atoms with van der Waals surface area (Å²) in [6.07, 6.45) is 1.60. The minimum Gasteiger partial charge on any atom is -0.351 e. The van der Waals surface area contributed by atoms with Crippen molar-refractivity contribution in [1.82, 2.24) is 26.1 Å². The fraction of sp³-hybridized carbons (Fsp3) is 0.294. The van der Waals surface area contributed by atoms with Gasteiger partial charge in [-0.15, -0.1) is 0 Å². The van der Waals surface area contributed by atoms with Gasteiger partial charge in [0.2, 0.25) is 0 Å². The molecule has 1 fully saturated rings. The molecule has 2 aliphatic heterocycles. The second kappa shape index (κ2) is 5.33. The highest BCUT2D eigenvalue weighted by atomic mass is 16.2. The van der Waals surface area contributed by atoms with Gasteiger partial charge in [-0.2, -0.15) is 0 Å². The molecular formula is C17H19N5O. The Morgan fingerprint density at radius 1 is 1.30 bits per heavy atom. The molecule has 1 unspecified atom stereocenters. The standard InChI is InChI=1S/C17H19N5O/c1-10(2)14-15(21-17-19-9-20-22(17)16(14)23)12-7-11-5-3-4-6-13(11)18-8-12/h3-8,10,17,19-21H,9H2,1-2H3. The Hall–Kier alpha value is -2.44. The van der Waals surface area contributed by atoms with E-state index in [1.165, 1.54) is 0 Å². The van der Waals surface area contributed by atoms with Gasteiger partial charge in [0, 0.05) is 22.7 Å². The fourth-order valence-corrected chi connectivity index (χ4v) is 3.15. The summed E-state index contributed by atoms with van der Waals surface area (Å²) in [5, 5.41) is 9.33. The summed E-state index contributed by atoms with van der Waals surface area (Å²) >= 11 is 0. The van der Waals surface area contributed by atoms with Crippen molar-refractivity contribution in [3.63, 3.8) is 0 Å². The molecule has 118 valence electrons. The van der Waals surface area contributed by atoms with Gasteiger partial charge in [0.1, 0.15) is 0 Å². The summed E-state index contributed by atoms with van der Waals surface area (Å²) in [7, 11) is 0. The van der Waals surface area contributed by atoms with E-state index in [0.717, 1.165) is 27.7 Å². The summed E-state index contributed by atoms with van der Waals surface area (Å²) in [5.41, 5.74) is 6.58. The van der Waals surface area contributed by atoms with Crippen molar-refractivity contribution in [2.75, 3.05) is 6.67 Å². The molecule has 2 aromatic rings. The predicted octanol–water partition coefficient (Wildman–Crippen LogP) is 1.38. The van der Waals surface area contributed by atoms with E-state index < -0.39 is 0 Å². The number of aromatic nitrogens is 1. The van der Waals surface area contributed by atoms with Crippen molar-refractivity contribution >= 4 is 22.5 Å². The average Bonchev–Trinajstić information content (AvgIpc) is 3.03. The molecule has 0 spiro atoms. The number of hydrazine groups is 1. The number of fused-ring (bicyclic) bond motifs is 2. The highest BCUT2D eigenvalue weighted by Crippen LogP contribution is 2.29. The first-order valence-electron chi connectivity index (χ1n) is 7.81. The Bertz CT molecular complexity index is 813. The molecule has 2 aliphatic rings. The first-order valence-corrected chi connectivity index (χ1v) is 7.81. The number of amides is 1. The Morgan fingerprint density at radius 2 is 2.13 bits per heavy atom. The first-order chi connectivity index (χ1) is 11.1. The molecule has 0 aliphatic carbocycles. The maximum absolute atomic E-state index is 12.8. The third kappa shape index (κ3) is 2.27. The van der Waals surface area contributed by atoms with Crippen LogP contribution in [0.2, 0.25) is 0 Å². The largest absolute Gasteiger partial charge is 0.351 e. The second-order valence-corrected chi connectivity index (χ2v) is 6.12. The average molecular weight is 309 g/mol. The molecule has 23 heavy (non-hydrogen) atoms. The zero-order valence-electron chi connectivity index (χ0n) is 13.1. The lowest BCUT2D eigenvalue weighted by atomic mass is 9.94. The zero-order valence-corrected chi connectivity index (χ0v) is 13.1. The van der Waals surface area contributed by atoms with Gasteiger partial charge in [-0.25, -0.2) is 10.4 Å². The van der Waals surface area contributed by atoms with Crippen LogP contribution in [0.4, 0.5) is 0 Å². The van der Waals surface area contributed by atoms with E-state index in [2.05, 4.69) is 27.1 Å². The molecule has 0 bridgehead atoms. The van der Waals surface area contributed by atoms with Crippen LogP contribution in [-0.2, 0) is 4.79 Å². The van der Waals surface area contributed by atoms with Crippen molar-refractivity contribution in [1.29, 1.82) is 0 Å². The summed E-state index contributed by atoms with van der Waals surface area (Å²) in [6, 6.07) is 10.1. The number of nitrogens with zero attached hydrogens (tertiary/aromatic N) is 2. The number of nitrogens with one attached hydrogen (secondary N) is 3. The number of para-hydroxylation sites is 1. The SMILES string of the molecule is CC(C)C1=C(c2cnc3ccccc3c2)NC2NCNN2C1=O. The van der Waals surface area contributed by atoms with E-state index in [4.69, 9.17) is 0 Å².